The van der Waals surface area contributed by atoms with E-state index in [0.29, 0.717) is 12.0 Å². The van der Waals surface area contributed by atoms with Crippen molar-refractivity contribution in [3.63, 3.8) is 0 Å². The molecule has 1 fully saturated rings. The fourth-order valence-corrected chi connectivity index (χ4v) is 4.22. The van der Waals surface area contributed by atoms with Crippen LogP contribution in [0.3, 0.4) is 0 Å². The maximum Gasteiger partial charge on any atom is 0.243 e. The van der Waals surface area contributed by atoms with Crippen molar-refractivity contribution in [2.75, 3.05) is 17.6 Å². The van der Waals surface area contributed by atoms with Gasteiger partial charge in [-0.2, -0.15) is 0 Å². The molecule has 1 aliphatic carbocycles. The maximum atomic E-state index is 12.3. The molecule has 0 aliphatic heterocycles. The molecule has 1 saturated carbocycles. The van der Waals surface area contributed by atoms with Gasteiger partial charge in [0.1, 0.15) is 5.82 Å². The molecule has 0 bridgehead atoms. The summed E-state index contributed by atoms with van der Waals surface area (Å²) < 4.78 is 2.16. The third-order valence-electron chi connectivity index (χ3n) is 4.84. The zero-order valence-corrected chi connectivity index (χ0v) is 18.5. The van der Waals surface area contributed by atoms with Gasteiger partial charge in [-0.15, -0.1) is 10.2 Å². The Morgan fingerprint density at radius 3 is 2.38 bits per heavy atom. The number of amides is 2. The average Bonchev–Trinajstić information content (AvgIpc) is 3.39. The van der Waals surface area contributed by atoms with Gasteiger partial charge in [-0.25, -0.2) is 0 Å². The fourth-order valence-electron chi connectivity index (χ4n) is 3.38. The molecule has 1 aliphatic rings. The SMILES string of the molecule is Cc1cc(C)c(NC(=O)CNC(=O)CSc2nnc(C(C)C)n2C2CC2)c(C)c1. The summed E-state index contributed by atoms with van der Waals surface area (Å²) in [6, 6.07) is 4.51. The summed E-state index contributed by atoms with van der Waals surface area (Å²) in [6.07, 6.45) is 2.27. The first-order chi connectivity index (χ1) is 13.8. The third-order valence-corrected chi connectivity index (χ3v) is 5.78. The minimum Gasteiger partial charge on any atom is -0.346 e. The summed E-state index contributed by atoms with van der Waals surface area (Å²) in [5.41, 5.74) is 3.99. The fraction of sp³-hybridized carbons (Fsp3) is 0.524. The lowest BCUT2D eigenvalue weighted by atomic mass is 10.1. The quantitative estimate of drug-likeness (QED) is 0.644. The molecule has 1 aromatic carbocycles. The minimum atomic E-state index is -0.235. The van der Waals surface area contributed by atoms with Crippen molar-refractivity contribution in [2.45, 2.75) is 64.6 Å². The largest absolute Gasteiger partial charge is 0.346 e. The Morgan fingerprint density at radius 1 is 1.14 bits per heavy atom. The third kappa shape index (κ3) is 5.38. The number of nitrogens with one attached hydrogen (secondary N) is 2. The Morgan fingerprint density at radius 2 is 1.79 bits per heavy atom. The maximum absolute atomic E-state index is 12.3. The van der Waals surface area contributed by atoms with Crippen molar-refractivity contribution in [1.29, 1.82) is 0 Å². The number of aromatic nitrogens is 3. The highest BCUT2D eigenvalue weighted by Gasteiger charge is 2.30. The number of rotatable bonds is 8. The first-order valence-corrected chi connectivity index (χ1v) is 11.0. The number of thioether (sulfide) groups is 1. The lowest BCUT2D eigenvalue weighted by Crippen LogP contribution is -2.34. The van der Waals surface area contributed by atoms with Gasteiger partial charge in [0, 0.05) is 17.6 Å². The number of nitrogens with zero attached hydrogens (tertiary/aromatic N) is 3. The highest BCUT2D eigenvalue weighted by molar-refractivity contribution is 7.99. The van der Waals surface area contributed by atoms with Gasteiger partial charge in [0.05, 0.1) is 12.3 Å². The van der Waals surface area contributed by atoms with E-state index in [1.807, 2.05) is 32.9 Å². The molecular formula is C21H29N5O2S. The predicted molar refractivity (Wildman–Crippen MR) is 115 cm³/mol. The molecule has 156 valence electrons. The lowest BCUT2D eigenvalue weighted by Gasteiger charge is -2.13. The van der Waals surface area contributed by atoms with Gasteiger partial charge in [-0.3, -0.25) is 9.59 Å². The Balaban J connectivity index is 1.50. The van der Waals surface area contributed by atoms with E-state index in [4.69, 9.17) is 0 Å². The average molecular weight is 416 g/mol. The number of benzene rings is 1. The lowest BCUT2D eigenvalue weighted by molar-refractivity contribution is -0.122. The van der Waals surface area contributed by atoms with Crippen LogP contribution in [0.2, 0.25) is 0 Å². The van der Waals surface area contributed by atoms with Crippen LogP contribution in [0.5, 0.6) is 0 Å². The van der Waals surface area contributed by atoms with E-state index < -0.39 is 0 Å². The van der Waals surface area contributed by atoms with E-state index in [1.165, 1.54) is 11.8 Å². The van der Waals surface area contributed by atoms with Gasteiger partial charge >= 0.3 is 0 Å². The first-order valence-electron chi connectivity index (χ1n) is 9.98. The minimum absolute atomic E-state index is 0.0568. The number of hydrogen-bond acceptors (Lipinski definition) is 5. The van der Waals surface area contributed by atoms with Crippen LogP contribution in [0.25, 0.3) is 0 Å². The van der Waals surface area contributed by atoms with E-state index in [2.05, 4.69) is 39.2 Å². The highest BCUT2D eigenvalue weighted by Crippen LogP contribution is 2.40. The van der Waals surface area contributed by atoms with Crippen LogP contribution in [-0.2, 0) is 9.59 Å². The van der Waals surface area contributed by atoms with Crippen LogP contribution < -0.4 is 10.6 Å². The summed E-state index contributed by atoms with van der Waals surface area (Å²) in [5.74, 6) is 1.04. The number of carbonyl (C=O) groups excluding carboxylic acids is 2. The molecule has 8 heteroatoms. The van der Waals surface area contributed by atoms with E-state index >= 15 is 0 Å². The monoisotopic (exact) mass is 415 g/mol. The molecule has 7 nitrogen and oxygen atoms in total. The van der Waals surface area contributed by atoms with Gasteiger partial charge in [0.2, 0.25) is 11.8 Å². The molecule has 0 radical (unpaired) electrons. The van der Waals surface area contributed by atoms with Crippen molar-refractivity contribution in [3.05, 3.63) is 34.6 Å². The smallest absolute Gasteiger partial charge is 0.243 e. The molecule has 0 spiro atoms. The molecular weight excluding hydrogens is 386 g/mol. The molecule has 1 heterocycles. The molecule has 0 saturated heterocycles. The summed E-state index contributed by atoms with van der Waals surface area (Å²) in [6.45, 7) is 10.1. The van der Waals surface area contributed by atoms with Crippen LogP contribution in [-0.4, -0.2) is 38.9 Å². The topological polar surface area (TPSA) is 88.9 Å². The van der Waals surface area contributed by atoms with Crippen molar-refractivity contribution in [1.82, 2.24) is 20.1 Å². The van der Waals surface area contributed by atoms with E-state index in [-0.39, 0.29) is 24.1 Å². The Bertz CT molecular complexity index is 895. The molecule has 1 aromatic heterocycles. The molecule has 0 unspecified atom stereocenters. The van der Waals surface area contributed by atoms with Crippen LogP contribution in [0.15, 0.2) is 17.3 Å². The van der Waals surface area contributed by atoms with Crippen LogP contribution >= 0.6 is 11.8 Å². The molecule has 2 amide bonds. The zero-order chi connectivity index (χ0) is 21.1. The Hall–Kier alpha value is -2.35. The summed E-state index contributed by atoms with van der Waals surface area (Å²) in [5, 5.41) is 14.9. The van der Waals surface area contributed by atoms with Crippen LogP contribution in [0.4, 0.5) is 5.69 Å². The van der Waals surface area contributed by atoms with Crippen LogP contribution in [0.1, 0.15) is 61.2 Å². The van der Waals surface area contributed by atoms with Crippen LogP contribution in [0, 0.1) is 20.8 Å². The van der Waals surface area contributed by atoms with Crippen molar-refractivity contribution in [3.8, 4) is 0 Å². The molecule has 29 heavy (non-hydrogen) atoms. The number of hydrogen-bond donors (Lipinski definition) is 2. The summed E-state index contributed by atoms with van der Waals surface area (Å²) in [4.78, 5) is 24.5. The van der Waals surface area contributed by atoms with Crippen molar-refractivity contribution >= 4 is 29.3 Å². The molecule has 2 N–H and O–H groups in total. The number of carbonyl (C=O) groups is 2. The number of anilines is 1. The Labute approximate surface area is 176 Å². The first kappa shape index (κ1) is 21.4. The second kappa shape index (κ2) is 8.98. The Kier molecular flexibility index (Phi) is 6.62. The van der Waals surface area contributed by atoms with Crippen molar-refractivity contribution < 1.29 is 9.59 Å². The van der Waals surface area contributed by atoms with Gasteiger partial charge < -0.3 is 15.2 Å². The normalized spacial score (nSPS) is 13.6. The van der Waals surface area contributed by atoms with E-state index in [0.717, 1.165) is 46.2 Å². The molecule has 2 aromatic rings. The van der Waals surface area contributed by atoms with Crippen molar-refractivity contribution in [2.24, 2.45) is 0 Å². The van der Waals surface area contributed by atoms with E-state index in [1.54, 1.807) is 0 Å². The molecule has 0 atom stereocenters. The van der Waals surface area contributed by atoms with Gasteiger partial charge in [-0.05, 0) is 44.7 Å². The summed E-state index contributed by atoms with van der Waals surface area (Å²) >= 11 is 1.37. The summed E-state index contributed by atoms with van der Waals surface area (Å²) in [7, 11) is 0. The zero-order valence-electron chi connectivity index (χ0n) is 17.7. The second-order valence-corrected chi connectivity index (χ2v) is 8.93. The van der Waals surface area contributed by atoms with Gasteiger partial charge in [0.15, 0.2) is 5.16 Å². The number of aryl methyl sites for hydroxylation is 3. The second-order valence-electron chi connectivity index (χ2n) is 7.98. The van der Waals surface area contributed by atoms with Gasteiger partial charge in [-0.1, -0.05) is 43.3 Å². The standard InChI is InChI=1S/C21H29N5O2S/c1-12(2)20-24-25-21(26(20)16-6-7-16)29-11-18(28)22-10-17(27)23-19-14(4)8-13(3)9-15(19)5/h8-9,12,16H,6-7,10-11H2,1-5H3,(H,22,28)(H,23,27). The van der Waals surface area contributed by atoms with Gasteiger partial charge in [0.25, 0.3) is 0 Å². The van der Waals surface area contributed by atoms with E-state index in [9.17, 15) is 9.59 Å². The highest BCUT2D eigenvalue weighted by atomic mass is 32.2. The molecule has 3 rings (SSSR count). The predicted octanol–water partition coefficient (Wildman–Crippen LogP) is 3.51.